The van der Waals surface area contributed by atoms with E-state index in [1.54, 1.807) is 25.6 Å². The highest BCUT2D eigenvalue weighted by Gasteiger charge is 2.25. The average Bonchev–Trinajstić information content (AvgIpc) is 2.26. The van der Waals surface area contributed by atoms with Crippen LogP contribution in [0.5, 0.6) is 0 Å². The van der Waals surface area contributed by atoms with E-state index < -0.39 is 11.4 Å². The minimum Gasteiger partial charge on any atom is -0.481 e. The molecule has 0 radical (unpaired) electrons. The number of hydrogen-bond acceptors (Lipinski definition) is 3. The van der Waals surface area contributed by atoms with E-state index >= 15 is 0 Å². The Balaban J connectivity index is 2.30. The number of nitrogens with zero attached hydrogens (tertiary/aromatic N) is 1. The quantitative estimate of drug-likeness (QED) is 0.604. The molecule has 0 aromatic carbocycles. The highest BCUT2D eigenvalue weighted by molar-refractivity contribution is 7.99. The molecule has 0 atom stereocenters. The molecular formula is C15H23NO2S. The van der Waals surface area contributed by atoms with Gasteiger partial charge in [-0.1, -0.05) is 6.42 Å². The molecule has 0 aliphatic rings. The molecule has 19 heavy (non-hydrogen) atoms. The summed E-state index contributed by atoms with van der Waals surface area (Å²) in [7, 11) is 0. The van der Waals surface area contributed by atoms with E-state index in [0.29, 0.717) is 0 Å². The molecule has 0 bridgehead atoms. The summed E-state index contributed by atoms with van der Waals surface area (Å²) in [5.41, 5.74) is 1.68. The van der Waals surface area contributed by atoms with E-state index in [-0.39, 0.29) is 0 Å². The van der Waals surface area contributed by atoms with Crippen LogP contribution in [0.4, 0.5) is 0 Å². The molecule has 1 aromatic rings. The van der Waals surface area contributed by atoms with Crippen LogP contribution >= 0.6 is 11.8 Å². The van der Waals surface area contributed by atoms with Crippen LogP contribution in [0, 0.1) is 19.3 Å². The zero-order valence-electron chi connectivity index (χ0n) is 12.2. The Morgan fingerprint density at radius 1 is 1.32 bits per heavy atom. The Labute approximate surface area is 119 Å². The predicted octanol–water partition coefficient (Wildman–Crippen LogP) is 4.07. The van der Waals surface area contributed by atoms with Crippen molar-refractivity contribution in [3.63, 3.8) is 0 Å². The van der Waals surface area contributed by atoms with E-state index in [1.807, 2.05) is 6.92 Å². The van der Waals surface area contributed by atoms with Crippen LogP contribution in [0.15, 0.2) is 17.2 Å². The van der Waals surface area contributed by atoms with Gasteiger partial charge in [0.25, 0.3) is 0 Å². The number of thioether (sulfide) groups is 1. The summed E-state index contributed by atoms with van der Waals surface area (Å²) in [4.78, 5) is 15.4. The molecule has 1 aromatic heterocycles. The first-order valence-electron chi connectivity index (χ1n) is 6.63. The molecule has 0 amide bonds. The molecule has 3 nitrogen and oxygen atoms in total. The molecule has 0 saturated heterocycles. The fourth-order valence-corrected chi connectivity index (χ4v) is 2.87. The van der Waals surface area contributed by atoms with Crippen molar-refractivity contribution in [2.75, 3.05) is 5.75 Å². The molecule has 1 heterocycles. The number of carbonyl (C=O) groups is 1. The molecule has 0 aliphatic heterocycles. The van der Waals surface area contributed by atoms with E-state index in [2.05, 4.69) is 24.0 Å². The monoisotopic (exact) mass is 281 g/mol. The highest BCUT2D eigenvalue weighted by atomic mass is 32.2. The van der Waals surface area contributed by atoms with Crippen LogP contribution in [0.2, 0.25) is 0 Å². The summed E-state index contributed by atoms with van der Waals surface area (Å²) < 4.78 is 0. The standard InChI is InChI=1S/C15H23NO2S/c1-11-9-12(2)16-13(10-11)19-8-6-5-7-15(3,4)14(17)18/h9-10H,5-8H2,1-4H3,(H,17,18). The SMILES string of the molecule is Cc1cc(C)nc(SCCCCC(C)(C)C(=O)O)c1. The van der Waals surface area contributed by atoms with Crippen molar-refractivity contribution in [1.82, 2.24) is 4.98 Å². The highest BCUT2D eigenvalue weighted by Crippen LogP contribution is 2.25. The fraction of sp³-hybridized carbons (Fsp3) is 0.600. The van der Waals surface area contributed by atoms with Crippen molar-refractivity contribution in [3.8, 4) is 0 Å². The van der Waals surface area contributed by atoms with Gasteiger partial charge in [-0.15, -0.1) is 11.8 Å². The number of carboxylic acids is 1. The Morgan fingerprint density at radius 3 is 2.58 bits per heavy atom. The predicted molar refractivity (Wildman–Crippen MR) is 79.7 cm³/mol. The molecule has 1 rings (SSSR count). The second-order valence-electron chi connectivity index (χ2n) is 5.62. The second-order valence-corrected chi connectivity index (χ2v) is 6.73. The van der Waals surface area contributed by atoms with Crippen LogP contribution in [-0.2, 0) is 4.79 Å². The molecular weight excluding hydrogens is 258 g/mol. The lowest BCUT2D eigenvalue weighted by atomic mass is 9.88. The summed E-state index contributed by atoms with van der Waals surface area (Å²) in [6, 6.07) is 4.16. The van der Waals surface area contributed by atoms with Crippen LogP contribution in [0.1, 0.15) is 44.4 Å². The number of pyridine rings is 1. The van der Waals surface area contributed by atoms with Crippen molar-refractivity contribution >= 4 is 17.7 Å². The van der Waals surface area contributed by atoms with Crippen molar-refractivity contribution in [3.05, 3.63) is 23.4 Å². The van der Waals surface area contributed by atoms with Gasteiger partial charge in [-0.2, -0.15) is 0 Å². The van der Waals surface area contributed by atoms with Crippen molar-refractivity contribution in [2.24, 2.45) is 5.41 Å². The molecule has 0 fully saturated rings. The third-order valence-corrected chi connectivity index (χ3v) is 4.10. The average molecular weight is 281 g/mol. The number of aliphatic carboxylic acids is 1. The zero-order valence-corrected chi connectivity index (χ0v) is 13.0. The zero-order chi connectivity index (χ0) is 14.5. The minimum atomic E-state index is -0.712. The van der Waals surface area contributed by atoms with Gasteiger partial charge < -0.3 is 5.11 Å². The fourth-order valence-electron chi connectivity index (χ4n) is 1.83. The van der Waals surface area contributed by atoms with Crippen molar-refractivity contribution in [2.45, 2.75) is 52.0 Å². The number of aromatic nitrogens is 1. The van der Waals surface area contributed by atoms with E-state index in [9.17, 15) is 4.79 Å². The lowest BCUT2D eigenvalue weighted by Crippen LogP contribution is -2.23. The second kappa shape index (κ2) is 6.94. The maximum atomic E-state index is 11.0. The summed E-state index contributed by atoms with van der Waals surface area (Å²) in [6.45, 7) is 7.66. The van der Waals surface area contributed by atoms with Crippen molar-refractivity contribution in [1.29, 1.82) is 0 Å². The lowest BCUT2D eigenvalue weighted by molar-refractivity contribution is -0.147. The number of rotatable bonds is 7. The topological polar surface area (TPSA) is 50.2 Å². The smallest absolute Gasteiger partial charge is 0.309 e. The van der Waals surface area contributed by atoms with Crippen LogP contribution in [-0.4, -0.2) is 21.8 Å². The van der Waals surface area contributed by atoms with Crippen molar-refractivity contribution < 1.29 is 9.90 Å². The molecule has 0 unspecified atom stereocenters. The molecule has 1 N–H and O–H groups in total. The Morgan fingerprint density at radius 2 is 2.00 bits per heavy atom. The van der Waals surface area contributed by atoms with Gasteiger partial charge in [0.2, 0.25) is 0 Å². The minimum absolute atomic E-state index is 0.608. The van der Waals surface area contributed by atoms with Gasteiger partial charge in [0, 0.05) is 5.69 Å². The van der Waals surface area contributed by atoms with Crippen LogP contribution in [0.25, 0.3) is 0 Å². The largest absolute Gasteiger partial charge is 0.481 e. The number of aryl methyl sites for hydroxylation is 2. The number of hydrogen-bond donors (Lipinski definition) is 1. The molecule has 4 heteroatoms. The first kappa shape index (κ1) is 16.0. The van der Waals surface area contributed by atoms with Gasteiger partial charge in [-0.3, -0.25) is 4.79 Å². The van der Waals surface area contributed by atoms with Gasteiger partial charge in [0.05, 0.1) is 10.4 Å². The van der Waals surface area contributed by atoms with E-state index in [0.717, 1.165) is 35.7 Å². The first-order valence-corrected chi connectivity index (χ1v) is 7.61. The molecule has 0 saturated carbocycles. The summed E-state index contributed by atoms with van der Waals surface area (Å²) in [5, 5.41) is 10.1. The van der Waals surface area contributed by atoms with E-state index in [4.69, 9.17) is 5.11 Å². The summed E-state index contributed by atoms with van der Waals surface area (Å²) >= 11 is 1.75. The molecule has 0 spiro atoms. The van der Waals surface area contributed by atoms with E-state index in [1.165, 1.54) is 5.56 Å². The summed E-state index contributed by atoms with van der Waals surface area (Å²) in [6.07, 6.45) is 2.69. The number of unbranched alkanes of at least 4 members (excludes halogenated alkanes) is 1. The van der Waals surface area contributed by atoms with Crippen LogP contribution < -0.4 is 0 Å². The molecule has 106 valence electrons. The summed E-state index contributed by atoms with van der Waals surface area (Å²) in [5.74, 6) is 0.280. The first-order chi connectivity index (χ1) is 8.81. The number of carboxylic acid groups (broad SMARTS) is 1. The van der Waals surface area contributed by atoms with Gasteiger partial charge in [0.15, 0.2) is 0 Å². The maximum absolute atomic E-state index is 11.0. The Bertz CT molecular complexity index is 424. The lowest BCUT2D eigenvalue weighted by Gasteiger charge is -2.18. The third-order valence-electron chi connectivity index (χ3n) is 3.10. The third kappa shape index (κ3) is 5.64. The van der Waals surface area contributed by atoms with Crippen LogP contribution in [0.3, 0.4) is 0 Å². The van der Waals surface area contributed by atoms with Gasteiger partial charge >= 0.3 is 5.97 Å². The molecule has 0 aliphatic carbocycles. The Hall–Kier alpha value is -1.03. The normalized spacial score (nSPS) is 11.6. The Kier molecular flexibility index (Phi) is 5.85. The maximum Gasteiger partial charge on any atom is 0.309 e. The van der Waals surface area contributed by atoms with Gasteiger partial charge in [0.1, 0.15) is 0 Å². The van der Waals surface area contributed by atoms with Gasteiger partial charge in [-0.05, 0) is 64.0 Å². The van der Waals surface area contributed by atoms with Gasteiger partial charge in [-0.25, -0.2) is 4.98 Å².